The Morgan fingerprint density at radius 2 is 1.42 bits per heavy atom. The van der Waals surface area contributed by atoms with Gasteiger partial charge in [0, 0.05) is 33.7 Å². The van der Waals surface area contributed by atoms with Crippen LogP contribution in [0.1, 0.15) is 51.6 Å². The van der Waals surface area contributed by atoms with Crippen LogP contribution < -0.4 is 10.6 Å². The maximum atomic E-state index is 13.0. The lowest BCUT2D eigenvalue weighted by atomic mass is 9.83. The van der Waals surface area contributed by atoms with Crippen molar-refractivity contribution in [3.63, 3.8) is 0 Å². The van der Waals surface area contributed by atoms with Crippen molar-refractivity contribution in [2.24, 2.45) is 0 Å². The summed E-state index contributed by atoms with van der Waals surface area (Å²) in [5.41, 5.74) is 2.29. The fourth-order valence-corrected chi connectivity index (χ4v) is 4.37. The summed E-state index contributed by atoms with van der Waals surface area (Å²) in [5.74, 6) is -0.683. The number of nitrogens with one attached hydrogen (secondary N) is 2. The fraction of sp³-hybridized carbons (Fsp3) is 0.154. The number of rotatable bonds is 7. The Kier molecular flexibility index (Phi) is 6.70. The summed E-state index contributed by atoms with van der Waals surface area (Å²) < 4.78 is 0. The highest BCUT2D eigenvalue weighted by Gasteiger charge is 2.31. The number of hydrogen-bond acceptors (Lipinski definition) is 5. The second-order valence-electron chi connectivity index (χ2n) is 7.59. The molecule has 0 aromatic heterocycles. The first-order valence-electron chi connectivity index (χ1n) is 10.6. The molecule has 33 heavy (non-hydrogen) atoms. The zero-order valence-electron chi connectivity index (χ0n) is 18.0. The number of fused-ring (bicyclic) bond motifs is 2. The Morgan fingerprint density at radius 1 is 0.758 bits per heavy atom. The highest BCUT2D eigenvalue weighted by atomic mass is 32.2. The van der Waals surface area contributed by atoms with Crippen molar-refractivity contribution in [3.8, 4) is 0 Å². The van der Waals surface area contributed by atoms with E-state index in [0.717, 1.165) is 11.3 Å². The van der Waals surface area contributed by atoms with Crippen LogP contribution in [-0.4, -0.2) is 29.1 Å². The second kappa shape index (κ2) is 9.83. The van der Waals surface area contributed by atoms with Crippen molar-refractivity contribution >= 4 is 46.5 Å². The van der Waals surface area contributed by atoms with E-state index >= 15 is 0 Å². The molecule has 7 heteroatoms. The van der Waals surface area contributed by atoms with Gasteiger partial charge in [-0.15, -0.1) is 11.8 Å². The molecule has 6 nitrogen and oxygen atoms in total. The van der Waals surface area contributed by atoms with Gasteiger partial charge in [-0.1, -0.05) is 43.3 Å². The molecule has 0 saturated carbocycles. The van der Waals surface area contributed by atoms with Crippen LogP contribution in [-0.2, 0) is 9.59 Å². The average Bonchev–Trinajstić information content (AvgIpc) is 2.82. The van der Waals surface area contributed by atoms with E-state index in [-0.39, 0.29) is 34.7 Å². The number of carbonyl (C=O) groups is 4. The molecule has 0 saturated heterocycles. The molecule has 3 aromatic carbocycles. The van der Waals surface area contributed by atoms with Crippen LogP contribution in [0.25, 0.3) is 0 Å². The van der Waals surface area contributed by atoms with Crippen LogP contribution in [0.2, 0.25) is 0 Å². The van der Waals surface area contributed by atoms with E-state index in [1.54, 1.807) is 54.6 Å². The molecule has 1 aliphatic rings. The third-order valence-electron chi connectivity index (χ3n) is 5.21. The highest BCUT2D eigenvalue weighted by molar-refractivity contribution is 8.00. The summed E-state index contributed by atoms with van der Waals surface area (Å²) in [4.78, 5) is 51.0. The smallest absolute Gasteiger partial charge is 0.234 e. The van der Waals surface area contributed by atoms with Gasteiger partial charge in [0.15, 0.2) is 11.6 Å². The van der Waals surface area contributed by atoms with Crippen LogP contribution >= 0.6 is 11.8 Å². The third kappa shape index (κ3) is 4.88. The molecule has 0 spiro atoms. The monoisotopic (exact) mass is 458 g/mol. The van der Waals surface area contributed by atoms with Crippen LogP contribution in [0.5, 0.6) is 0 Å². The van der Waals surface area contributed by atoms with E-state index in [9.17, 15) is 19.2 Å². The lowest BCUT2D eigenvalue weighted by Crippen LogP contribution is -2.24. The van der Waals surface area contributed by atoms with E-state index in [2.05, 4.69) is 10.6 Å². The summed E-state index contributed by atoms with van der Waals surface area (Å²) in [6.45, 7) is 1.95. The van der Waals surface area contributed by atoms with Gasteiger partial charge in [-0.05, 0) is 36.8 Å². The molecule has 0 unspecified atom stereocenters. The number of anilines is 2. The number of hydrogen-bond donors (Lipinski definition) is 2. The van der Waals surface area contributed by atoms with Crippen molar-refractivity contribution in [2.45, 2.75) is 24.7 Å². The van der Waals surface area contributed by atoms with Crippen molar-refractivity contribution in [2.75, 3.05) is 16.4 Å². The highest BCUT2D eigenvalue weighted by Crippen LogP contribution is 2.32. The molecule has 4 rings (SSSR count). The molecule has 2 N–H and O–H groups in total. The Bertz CT molecular complexity index is 1250. The first kappa shape index (κ1) is 22.5. The molecule has 166 valence electrons. The van der Waals surface area contributed by atoms with Gasteiger partial charge < -0.3 is 10.6 Å². The average molecular weight is 459 g/mol. The summed E-state index contributed by atoms with van der Waals surface area (Å²) in [5, 5.41) is 5.61. The fourth-order valence-electron chi connectivity index (χ4n) is 3.67. The molecule has 0 bridgehead atoms. The van der Waals surface area contributed by atoms with Gasteiger partial charge in [-0.25, -0.2) is 0 Å². The van der Waals surface area contributed by atoms with Gasteiger partial charge in [0.25, 0.3) is 0 Å². The first-order valence-corrected chi connectivity index (χ1v) is 11.6. The zero-order chi connectivity index (χ0) is 23.4. The molecule has 0 radical (unpaired) electrons. The second-order valence-corrected chi connectivity index (χ2v) is 8.64. The summed E-state index contributed by atoms with van der Waals surface area (Å²) >= 11 is 1.34. The SMILES string of the molecule is CCCC(=O)Nc1ccc(SCC(=O)Nc2cccc3c2C(=O)c2ccccc2C3=O)cc1. The minimum Gasteiger partial charge on any atom is -0.326 e. The van der Waals surface area contributed by atoms with Crippen LogP contribution in [0.3, 0.4) is 0 Å². The number of amides is 2. The van der Waals surface area contributed by atoms with Crippen molar-refractivity contribution in [1.82, 2.24) is 0 Å². The standard InChI is InChI=1S/C26H22N2O4S/c1-2-6-22(29)27-16-11-13-17(14-12-16)33-15-23(30)28-21-10-5-9-20-24(21)26(32)19-8-4-3-7-18(19)25(20)31/h3-5,7-14H,2,6,15H2,1H3,(H,27,29)(H,28,30). The Morgan fingerprint density at radius 3 is 2.12 bits per heavy atom. The minimum atomic E-state index is -0.284. The van der Waals surface area contributed by atoms with E-state index < -0.39 is 0 Å². The zero-order valence-corrected chi connectivity index (χ0v) is 18.8. The largest absolute Gasteiger partial charge is 0.326 e. The van der Waals surface area contributed by atoms with Gasteiger partial charge in [0.05, 0.1) is 17.0 Å². The topological polar surface area (TPSA) is 92.3 Å². The number of benzene rings is 3. The molecule has 0 aliphatic heterocycles. The normalized spacial score (nSPS) is 12.0. The maximum Gasteiger partial charge on any atom is 0.234 e. The van der Waals surface area contributed by atoms with E-state index in [4.69, 9.17) is 0 Å². The van der Waals surface area contributed by atoms with E-state index in [0.29, 0.717) is 34.5 Å². The predicted molar refractivity (Wildman–Crippen MR) is 129 cm³/mol. The Labute approximate surface area is 195 Å². The van der Waals surface area contributed by atoms with Gasteiger partial charge >= 0.3 is 0 Å². The molecule has 3 aromatic rings. The molecular formula is C26H22N2O4S. The number of carbonyl (C=O) groups excluding carboxylic acids is 4. The molecule has 1 aliphatic carbocycles. The van der Waals surface area contributed by atoms with Gasteiger partial charge in [-0.3, -0.25) is 19.2 Å². The molecule has 0 heterocycles. The minimum absolute atomic E-state index is 0.0286. The summed E-state index contributed by atoms with van der Waals surface area (Å²) in [6, 6.07) is 18.9. The molecular weight excluding hydrogens is 436 g/mol. The Balaban J connectivity index is 1.42. The van der Waals surface area contributed by atoms with E-state index in [1.165, 1.54) is 11.8 Å². The predicted octanol–water partition coefficient (Wildman–Crippen LogP) is 4.93. The molecule has 0 fully saturated rings. The van der Waals surface area contributed by atoms with Gasteiger partial charge in [0.1, 0.15) is 0 Å². The number of ketones is 2. The quantitative estimate of drug-likeness (QED) is 0.383. The number of thioether (sulfide) groups is 1. The lowest BCUT2D eigenvalue weighted by Gasteiger charge is -2.20. The van der Waals surface area contributed by atoms with Gasteiger partial charge in [0.2, 0.25) is 11.8 Å². The molecule has 2 amide bonds. The van der Waals surface area contributed by atoms with Crippen molar-refractivity contribution in [3.05, 3.63) is 89.0 Å². The van der Waals surface area contributed by atoms with Crippen molar-refractivity contribution in [1.29, 1.82) is 0 Å². The van der Waals surface area contributed by atoms with Crippen LogP contribution in [0.15, 0.2) is 71.6 Å². The van der Waals surface area contributed by atoms with Crippen LogP contribution in [0, 0.1) is 0 Å². The van der Waals surface area contributed by atoms with Crippen LogP contribution in [0.4, 0.5) is 11.4 Å². The van der Waals surface area contributed by atoms with Gasteiger partial charge in [-0.2, -0.15) is 0 Å². The summed E-state index contributed by atoms with van der Waals surface area (Å²) in [6.07, 6.45) is 1.26. The first-order chi connectivity index (χ1) is 16.0. The maximum absolute atomic E-state index is 13.0. The van der Waals surface area contributed by atoms with E-state index in [1.807, 2.05) is 19.1 Å². The van der Waals surface area contributed by atoms with Crippen molar-refractivity contribution < 1.29 is 19.2 Å². The Hall–Kier alpha value is -3.71. The lowest BCUT2D eigenvalue weighted by molar-refractivity contribution is -0.116. The summed E-state index contributed by atoms with van der Waals surface area (Å²) in [7, 11) is 0. The molecule has 0 atom stereocenters. The third-order valence-corrected chi connectivity index (χ3v) is 6.22.